The van der Waals surface area contributed by atoms with Crippen LogP contribution in [0.15, 0.2) is 29.3 Å². The summed E-state index contributed by atoms with van der Waals surface area (Å²) >= 11 is 0. The van der Waals surface area contributed by atoms with Gasteiger partial charge in [0.25, 0.3) is 0 Å². The van der Waals surface area contributed by atoms with Crippen molar-refractivity contribution < 1.29 is 9.47 Å². The van der Waals surface area contributed by atoms with Crippen LogP contribution in [0.3, 0.4) is 0 Å². The second-order valence-corrected chi connectivity index (χ2v) is 9.31. The van der Waals surface area contributed by atoms with Gasteiger partial charge in [-0.3, -0.25) is 4.99 Å². The number of aliphatic imine (C=N–C) groups is 1. The second-order valence-electron chi connectivity index (χ2n) is 9.31. The Hall–Kier alpha value is -0.900. The molecule has 0 amide bonds. The van der Waals surface area contributed by atoms with Crippen LogP contribution in [0.25, 0.3) is 0 Å². The number of piperidine rings is 1. The van der Waals surface area contributed by atoms with Gasteiger partial charge in [0.2, 0.25) is 0 Å². The lowest BCUT2D eigenvalue weighted by Gasteiger charge is -2.29. The van der Waals surface area contributed by atoms with Crippen LogP contribution in [0.2, 0.25) is 0 Å². The van der Waals surface area contributed by atoms with E-state index >= 15 is 0 Å². The first-order valence-electron chi connectivity index (χ1n) is 12.3. The summed E-state index contributed by atoms with van der Waals surface area (Å²) in [6.07, 6.45) is 7.78. The van der Waals surface area contributed by atoms with Gasteiger partial charge >= 0.3 is 0 Å². The maximum atomic E-state index is 6.09. The highest BCUT2D eigenvalue weighted by molar-refractivity contribution is 14.0. The average Bonchev–Trinajstić information content (AvgIpc) is 3.28. The molecular formula is C25H41IN4O2. The van der Waals surface area contributed by atoms with Crippen LogP contribution in [0.5, 0.6) is 0 Å². The molecule has 0 aromatic heterocycles. The Balaban J connectivity index is 0.00000289. The minimum absolute atomic E-state index is 0. The van der Waals surface area contributed by atoms with Crippen LogP contribution >= 0.6 is 24.0 Å². The predicted molar refractivity (Wildman–Crippen MR) is 141 cm³/mol. The molecule has 1 aromatic rings. The van der Waals surface area contributed by atoms with E-state index in [4.69, 9.17) is 9.47 Å². The van der Waals surface area contributed by atoms with Gasteiger partial charge in [-0.05, 0) is 62.2 Å². The van der Waals surface area contributed by atoms with Gasteiger partial charge in [-0.2, -0.15) is 0 Å². The molecule has 7 heteroatoms. The number of likely N-dealkylation sites (tertiary alicyclic amines) is 2. The Morgan fingerprint density at radius 3 is 2.66 bits per heavy atom. The fourth-order valence-electron chi connectivity index (χ4n) is 5.08. The lowest BCUT2D eigenvalue weighted by molar-refractivity contribution is -0.0390. The van der Waals surface area contributed by atoms with Crippen molar-refractivity contribution in [2.24, 2.45) is 10.9 Å². The Labute approximate surface area is 211 Å². The Morgan fingerprint density at radius 2 is 1.88 bits per heavy atom. The summed E-state index contributed by atoms with van der Waals surface area (Å²) in [5, 5.41) is 3.59. The van der Waals surface area contributed by atoms with Gasteiger partial charge in [0.15, 0.2) is 5.96 Å². The maximum Gasteiger partial charge on any atom is 0.193 e. The van der Waals surface area contributed by atoms with Crippen LogP contribution in [-0.2, 0) is 22.6 Å². The summed E-state index contributed by atoms with van der Waals surface area (Å²) in [6.45, 7) is 9.18. The van der Waals surface area contributed by atoms with Gasteiger partial charge in [0, 0.05) is 46.4 Å². The molecule has 0 aliphatic carbocycles. The molecule has 0 bridgehead atoms. The third-order valence-corrected chi connectivity index (χ3v) is 6.86. The quantitative estimate of drug-likeness (QED) is 0.314. The van der Waals surface area contributed by atoms with Gasteiger partial charge < -0.3 is 24.6 Å². The normalized spacial score (nSPS) is 23.2. The van der Waals surface area contributed by atoms with Gasteiger partial charge in [-0.15, -0.1) is 24.0 Å². The molecule has 6 nitrogen and oxygen atoms in total. The summed E-state index contributed by atoms with van der Waals surface area (Å²) in [6, 6.07) is 8.72. The number of ether oxygens (including phenoxy) is 2. The van der Waals surface area contributed by atoms with Crippen molar-refractivity contribution in [3.63, 3.8) is 0 Å². The van der Waals surface area contributed by atoms with E-state index in [1.54, 1.807) is 0 Å². The van der Waals surface area contributed by atoms with Crippen molar-refractivity contribution in [1.82, 2.24) is 15.1 Å². The van der Waals surface area contributed by atoms with Crippen LogP contribution in [0.4, 0.5) is 0 Å². The molecule has 3 aliphatic heterocycles. The first-order valence-corrected chi connectivity index (χ1v) is 12.3. The number of halogens is 1. The fraction of sp³-hybridized carbons (Fsp3) is 0.720. The smallest absolute Gasteiger partial charge is 0.193 e. The van der Waals surface area contributed by atoms with Crippen molar-refractivity contribution in [3.8, 4) is 0 Å². The number of nitrogens with one attached hydrogen (secondary N) is 1. The van der Waals surface area contributed by atoms with Crippen molar-refractivity contribution in [2.45, 2.75) is 57.8 Å². The van der Waals surface area contributed by atoms with Crippen LogP contribution in [-0.4, -0.2) is 74.8 Å². The van der Waals surface area contributed by atoms with Crippen LogP contribution < -0.4 is 5.32 Å². The highest BCUT2D eigenvalue weighted by Gasteiger charge is 2.27. The maximum absolute atomic E-state index is 6.09. The summed E-state index contributed by atoms with van der Waals surface area (Å²) in [5.41, 5.74) is 2.52. The minimum atomic E-state index is 0. The number of benzene rings is 1. The van der Waals surface area contributed by atoms with E-state index < -0.39 is 0 Å². The molecule has 4 rings (SSSR count). The van der Waals surface area contributed by atoms with Gasteiger partial charge in [0.1, 0.15) is 0 Å². The van der Waals surface area contributed by atoms with E-state index in [0.717, 1.165) is 57.6 Å². The molecule has 1 atom stereocenters. The third kappa shape index (κ3) is 7.85. The number of nitrogens with zero attached hydrogens (tertiary/aromatic N) is 3. The molecule has 1 unspecified atom stereocenters. The molecule has 3 heterocycles. The van der Waals surface area contributed by atoms with Crippen LogP contribution in [0.1, 0.15) is 49.7 Å². The average molecular weight is 557 g/mol. The number of hydrogen-bond acceptors (Lipinski definition) is 4. The zero-order valence-corrected chi connectivity index (χ0v) is 22.0. The lowest BCUT2D eigenvalue weighted by Crippen LogP contribution is -2.41. The van der Waals surface area contributed by atoms with Gasteiger partial charge in [-0.25, -0.2) is 0 Å². The van der Waals surface area contributed by atoms with Crippen molar-refractivity contribution in [1.29, 1.82) is 0 Å². The van der Waals surface area contributed by atoms with E-state index in [9.17, 15) is 0 Å². The van der Waals surface area contributed by atoms with E-state index in [2.05, 4.69) is 44.4 Å². The lowest BCUT2D eigenvalue weighted by atomic mass is 10.1. The van der Waals surface area contributed by atoms with Crippen molar-refractivity contribution in [3.05, 3.63) is 35.4 Å². The fourth-order valence-corrected chi connectivity index (χ4v) is 5.08. The topological polar surface area (TPSA) is 49.3 Å². The molecule has 0 spiro atoms. The number of rotatable bonds is 7. The summed E-state index contributed by atoms with van der Waals surface area (Å²) in [4.78, 5) is 9.67. The molecule has 3 aliphatic rings. The molecule has 180 valence electrons. The van der Waals surface area contributed by atoms with E-state index in [1.165, 1.54) is 56.4 Å². The zero-order chi connectivity index (χ0) is 21.3. The number of guanidine groups is 1. The SMILES string of the molecule is CN=C(NCc1cccc(COC2CCOCC2)c1)N1CCC(CN2CCCCC2)C1.I. The summed E-state index contributed by atoms with van der Waals surface area (Å²) in [5.74, 6) is 1.80. The molecule has 3 fully saturated rings. The summed E-state index contributed by atoms with van der Waals surface area (Å²) < 4.78 is 11.5. The number of hydrogen-bond donors (Lipinski definition) is 1. The molecule has 1 aromatic carbocycles. The van der Waals surface area contributed by atoms with Gasteiger partial charge in [-0.1, -0.05) is 30.7 Å². The highest BCUT2D eigenvalue weighted by atomic mass is 127. The Bertz CT molecular complexity index is 705. The Kier molecular flexibility index (Phi) is 11.0. The first kappa shape index (κ1) is 25.7. The van der Waals surface area contributed by atoms with E-state index in [1.807, 2.05) is 7.05 Å². The van der Waals surface area contributed by atoms with Gasteiger partial charge in [0.05, 0.1) is 12.7 Å². The minimum Gasteiger partial charge on any atom is -0.381 e. The molecule has 0 radical (unpaired) electrons. The molecular weight excluding hydrogens is 515 g/mol. The molecule has 0 saturated carbocycles. The molecule has 1 N–H and O–H groups in total. The van der Waals surface area contributed by atoms with Crippen molar-refractivity contribution in [2.75, 3.05) is 53.0 Å². The van der Waals surface area contributed by atoms with Crippen molar-refractivity contribution >= 4 is 29.9 Å². The Morgan fingerprint density at radius 1 is 1.09 bits per heavy atom. The largest absolute Gasteiger partial charge is 0.381 e. The standard InChI is InChI=1S/C25H40N4O2.HI/c1-26-25(29-13-8-23(19-29)18-28-11-3-2-4-12-28)27-17-21-6-5-7-22(16-21)20-31-24-9-14-30-15-10-24;/h5-7,16,23-24H,2-4,8-15,17-20H2,1H3,(H,26,27);1H. The highest BCUT2D eigenvalue weighted by Crippen LogP contribution is 2.20. The molecule has 3 saturated heterocycles. The monoisotopic (exact) mass is 556 g/mol. The zero-order valence-electron chi connectivity index (χ0n) is 19.6. The van der Waals surface area contributed by atoms with Crippen LogP contribution in [0, 0.1) is 5.92 Å². The first-order chi connectivity index (χ1) is 15.3. The molecule has 32 heavy (non-hydrogen) atoms. The summed E-state index contributed by atoms with van der Waals surface area (Å²) in [7, 11) is 1.90. The third-order valence-electron chi connectivity index (χ3n) is 6.86. The van der Waals surface area contributed by atoms with E-state index in [0.29, 0.717) is 12.7 Å². The second kappa shape index (κ2) is 13.7. The predicted octanol–water partition coefficient (Wildman–Crippen LogP) is 3.88. The van der Waals surface area contributed by atoms with E-state index in [-0.39, 0.29) is 24.0 Å².